The van der Waals surface area contributed by atoms with Gasteiger partial charge in [-0.2, -0.15) is 0 Å². The van der Waals surface area contributed by atoms with Crippen molar-refractivity contribution in [2.75, 3.05) is 5.32 Å². The third-order valence-electron chi connectivity index (χ3n) is 4.08. The fraction of sp³-hybridized carbons (Fsp3) is 0.300. The summed E-state index contributed by atoms with van der Waals surface area (Å²) in [5.41, 5.74) is 1.54. The maximum absolute atomic E-state index is 12.9. The van der Waals surface area contributed by atoms with Crippen LogP contribution in [0.15, 0.2) is 48.5 Å². The van der Waals surface area contributed by atoms with Gasteiger partial charge < -0.3 is 15.4 Å². The lowest BCUT2D eigenvalue weighted by molar-refractivity contribution is -0.120. The van der Waals surface area contributed by atoms with Gasteiger partial charge in [0.2, 0.25) is 5.91 Å². The van der Waals surface area contributed by atoms with Gasteiger partial charge in [-0.3, -0.25) is 10.1 Å². The first kappa shape index (κ1) is 18.7. The van der Waals surface area contributed by atoms with E-state index in [1.54, 1.807) is 43.3 Å². The summed E-state index contributed by atoms with van der Waals surface area (Å²) in [6, 6.07) is 12.4. The number of amides is 3. The van der Waals surface area contributed by atoms with E-state index in [0.717, 1.165) is 18.4 Å². The highest BCUT2D eigenvalue weighted by Gasteiger charge is 2.24. The van der Waals surface area contributed by atoms with Gasteiger partial charge in [0.25, 0.3) is 0 Å². The Morgan fingerprint density at radius 1 is 1.19 bits per heavy atom. The lowest BCUT2D eigenvalue weighted by atomic mass is 10.2. The number of nitrogens with one attached hydrogen (secondary N) is 3. The first-order chi connectivity index (χ1) is 13.0. The Morgan fingerprint density at radius 2 is 1.93 bits per heavy atom. The van der Waals surface area contributed by atoms with Gasteiger partial charge >= 0.3 is 6.03 Å². The van der Waals surface area contributed by atoms with E-state index in [9.17, 15) is 14.0 Å². The van der Waals surface area contributed by atoms with Crippen molar-refractivity contribution in [1.29, 1.82) is 0 Å². The molecule has 0 unspecified atom stereocenters. The van der Waals surface area contributed by atoms with Crippen LogP contribution >= 0.6 is 0 Å². The number of carbonyl (C=O) groups is 2. The number of carbonyl (C=O) groups excluding carboxylic acids is 2. The third kappa shape index (κ3) is 5.99. The molecule has 0 radical (unpaired) electrons. The van der Waals surface area contributed by atoms with Crippen LogP contribution in [0.5, 0.6) is 5.75 Å². The first-order valence-electron chi connectivity index (χ1n) is 8.85. The van der Waals surface area contributed by atoms with Crippen LogP contribution < -0.4 is 20.7 Å². The number of hydrogen-bond acceptors (Lipinski definition) is 4. The molecular weight excluding hydrogens is 349 g/mol. The maximum Gasteiger partial charge on any atom is 0.321 e. The largest absolute Gasteiger partial charge is 0.489 e. The molecule has 3 amide bonds. The van der Waals surface area contributed by atoms with E-state index in [-0.39, 0.29) is 11.9 Å². The second-order valence-corrected chi connectivity index (χ2v) is 6.55. The Morgan fingerprint density at radius 3 is 2.63 bits per heavy atom. The van der Waals surface area contributed by atoms with Crippen LogP contribution in [0.25, 0.3) is 0 Å². The summed E-state index contributed by atoms with van der Waals surface area (Å²) in [7, 11) is 0. The second kappa shape index (κ2) is 8.53. The standard InChI is InChI=1S/C20H22FN3O3/c1-13(19(25)24-20(26)23-16-9-10-16)22-17-3-2-4-18(11-17)27-12-14-5-7-15(21)8-6-14/h2-8,11,13,16,22H,9-10,12H2,1H3,(H2,23,24,25,26)/t13-/m0/s1. The Bertz CT molecular complexity index is 806. The molecule has 6 nitrogen and oxygen atoms in total. The summed E-state index contributed by atoms with van der Waals surface area (Å²) >= 11 is 0. The smallest absolute Gasteiger partial charge is 0.321 e. The van der Waals surface area contributed by atoms with E-state index in [0.29, 0.717) is 18.0 Å². The zero-order chi connectivity index (χ0) is 19.2. The van der Waals surface area contributed by atoms with Gasteiger partial charge in [-0.05, 0) is 49.6 Å². The van der Waals surface area contributed by atoms with E-state index in [1.807, 2.05) is 0 Å². The van der Waals surface area contributed by atoms with E-state index >= 15 is 0 Å². The molecule has 0 heterocycles. The van der Waals surface area contributed by atoms with Crippen LogP contribution in [-0.4, -0.2) is 24.0 Å². The number of anilines is 1. The van der Waals surface area contributed by atoms with Crippen molar-refractivity contribution in [3.05, 3.63) is 59.9 Å². The number of benzene rings is 2. The predicted octanol–water partition coefficient (Wildman–Crippen LogP) is 3.19. The SMILES string of the molecule is C[C@H](Nc1cccc(OCc2ccc(F)cc2)c1)C(=O)NC(=O)NC1CC1. The molecule has 3 rings (SSSR count). The number of hydrogen-bond donors (Lipinski definition) is 3. The van der Waals surface area contributed by atoms with Crippen molar-refractivity contribution in [1.82, 2.24) is 10.6 Å². The van der Waals surface area contributed by atoms with Gasteiger partial charge in [0.15, 0.2) is 0 Å². The summed E-state index contributed by atoms with van der Waals surface area (Å²) in [5.74, 6) is -0.0859. The van der Waals surface area contributed by atoms with Crippen LogP contribution in [0, 0.1) is 5.82 Å². The van der Waals surface area contributed by atoms with Crippen molar-refractivity contribution < 1.29 is 18.7 Å². The molecule has 0 aromatic heterocycles. The van der Waals surface area contributed by atoms with Crippen molar-refractivity contribution >= 4 is 17.6 Å². The Labute approximate surface area is 157 Å². The highest BCUT2D eigenvalue weighted by molar-refractivity contribution is 5.98. The zero-order valence-corrected chi connectivity index (χ0v) is 15.0. The number of imide groups is 1. The Hall–Kier alpha value is -3.09. The molecule has 1 aliphatic carbocycles. The van der Waals surface area contributed by atoms with Crippen LogP contribution in [0.3, 0.4) is 0 Å². The quantitative estimate of drug-likeness (QED) is 0.698. The summed E-state index contributed by atoms with van der Waals surface area (Å²) in [6.07, 6.45) is 1.92. The monoisotopic (exact) mass is 371 g/mol. The average molecular weight is 371 g/mol. The lowest BCUT2D eigenvalue weighted by Gasteiger charge is -2.16. The zero-order valence-electron chi connectivity index (χ0n) is 15.0. The number of halogens is 1. The minimum Gasteiger partial charge on any atom is -0.489 e. The summed E-state index contributed by atoms with van der Waals surface area (Å²) in [6.45, 7) is 1.98. The van der Waals surface area contributed by atoms with Crippen molar-refractivity contribution in [2.45, 2.75) is 38.5 Å². The van der Waals surface area contributed by atoms with E-state index in [2.05, 4.69) is 16.0 Å². The number of rotatable bonds is 7. The lowest BCUT2D eigenvalue weighted by Crippen LogP contribution is -2.46. The van der Waals surface area contributed by atoms with Crippen LogP contribution in [0.2, 0.25) is 0 Å². The minimum atomic E-state index is -0.595. The molecule has 2 aromatic rings. The molecule has 3 N–H and O–H groups in total. The number of urea groups is 1. The maximum atomic E-state index is 12.9. The van der Waals surface area contributed by atoms with Gasteiger partial charge in [0.05, 0.1) is 0 Å². The van der Waals surface area contributed by atoms with E-state index in [1.165, 1.54) is 12.1 Å². The molecule has 1 atom stereocenters. The molecule has 0 bridgehead atoms. The first-order valence-corrected chi connectivity index (χ1v) is 8.85. The summed E-state index contributed by atoms with van der Waals surface area (Å²) < 4.78 is 18.6. The Balaban J connectivity index is 1.50. The Kier molecular flexibility index (Phi) is 5.90. The normalized spacial score (nSPS) is 14.1. The molecule has 7 heteroatoms. The molecule has 1 fully saturated rings. The molecule has 0 spiro atoms. The number of ether oxygens (including phenoxy) is 1. The molecule has 1 aliphatic rings. The van der Waals surface area contributed by atoms with Crippen molar-refractivity contribution in [2.24, 2.45) is 0 Å². The van der Waals surface area contributed by atoms with Crippen LogP contribution in [-0.2, 0) is 11.4 Å². The summed E-state index contributed by atoms with van der Waals surface area (Å²) in [5, 5.41) is 8.07. The molecule has 27 heavy (non-hydrogen) atoms. The van der Waals surface area contributed by atoms with Gasteiger partial charge in [0.1, 0.15) is 24.2 Å². The van der Waals surface area contributed by atoms with E-state index in [4.69, 9.17) is 4.74 Å². The third-order valence-corrected chi connectivity index (χ3v) is 4.08. The average Bonchev–Trinajstić information content (AvgIpc) is 3.45. The summed E-state index contributed by atoms with van der Waals surface area (Å²) in [4.78, 5) is 23.7. The minimum absolute atomic E-state index is 0.191. The molecule has 1 saturated carbocycles. The molecule has 2 aromatic carbocycles. The van der Waals surface area contributed by atoms with Crippen molar-refractivity contribution in [3.63, 3.8) is 0 Å². The second-order valence-electron chi connectivity index (χ2n) is 6.55. The highest BCUT2D eigenvalue weighted by Crippen LogP contribution is 2.20. The van der Waals surface area contributed by atoms with Gasteiger partial charge in [-0.15, -0.1) is 0 Å². The van der Waals surface area contributed by atoms with Crippen molar-refractivity contribution in [3.8, 4) is 5.75 Å². The fourth-order valence-corrected chi connectivity index (χ4v) is 2.41. The molecule has 0 saturated heterocycles. The van der Waals surface area contributed by atoms with Crippen LogP contribution in [0.4, 0.5) is 14.9 Å². The fourth-order valence-electron chi connectivity index (χ4n) is 2.41. The topological polar surface area (TPSA) is 79.5 Å². The molecular formula is C20H22FN3O3. The van der Waals surface area contributed by atoms with Gasteiger partial charge in [-0.1, -0.05) is 18.2 Å². The predicted molar refractivity (Wildman–Crippen MR) is 100.0 cm³/mol. The van der Waals surface area contributed by atoms with Gasteiger partial charge in [0, 0.05) is 17.8 Å². The highest BCUT2D eigenvalue weighted by atomic mass is 19.1. The molecule has 0 aliphatic heterocycles. The van der Waals surface area contributed by atoms with Gasteiger partial charge in [-0.25, -0.2) is 9.18 Å². The van der Waals surface area contributed by atoms with E-state index < -0.39 is 18.0 Å². The van der Waals surface area contributed by atoms with Crippen LogP contribution in [0.1, 0.15) is 25.3 Å². The molecule has 142 valence electrons.